The smallest absolute Gasteiger partial charge is 0.355 e. The van der Waals surface area contributed by atoms with E-state index in [2.05, 4.69) is 16.8 Å². The molecule has 0 bridgehead atoms. The Bertz CT molecular complexity index is 1290. The van der Waals surface area contributed by atoms with Gasteiger partial charge in [0.2, 0.25) is 10.0 Å². The van der Waals surface area contributed by atoms with Crippen molar-refractivity contribution in [2.75, 3.05) is 24.7 Å². The van der Waals surface area contributed by atoms with Crippen molar-refractivity contribution in [3.63, 3.8) is 0 Å². The number of fused-ring (bicyclic) bond motifs is 1. The predicted octanol–water partition coefficient (Wildman–Crippen LogP) is 5.56. The maximum atomic E-state index is 13.9. The van der Waals surface area contributed by atoms with Crippen LogP contribution in [-0.4, -0.2) is 54.7 Å². The lowest BCUT2D eigenvalue weighted by Crippen LogP contribution is -2.40. The molecule has 0 fully saturated rings. The van der Waals surface area contributed by atoms with Crippen molar-refractivity contribution >= 4 is 50.5 Å². The number of carboxylic acids is 1. The number of thioether (sulfide) groups is 1. The van der Waals surface area contributed by atoms with Gasteiger partial charge < -0.3 is 10.0 Å². The normalized spacial score (nSPS) is 17.9. The summed E-state index contributed by atoms with van der Waals surface area (Å²) in [4.78, 5) is 18.8. The molecule has 0 radical (unpaired) electrons. The van der Waals surface area contributed by atoms with E-state index in [0.29, 0.717) is 22.8 Å². The number of hydrogen-bond donors (Lipinski definition) is 1. The number of rotatable bonds is 7. The monoisotopic (exact) mass is 517 g/mol. The minimum Gasteiger partial charge on any atom is -0.476 e. The Morgan fingerprint density at radius 1 is 1.26 bits per heavy atom. The molecule has 0 saturated heterocycles. The molecule has 3 aromatic rings. The highest BCUT2D eigenvalue weighted by Gasteiger charge is 2.37. The maximum Gasteiger partial charge on any atom is 0.355 e. The topological polar surface area (TPSA) is 90.8 Å². The lowest BCUT2D eigenvalue weighted by molar-refractivity contribution is 0.0691. The Hall–Kier alpha value is -2.40. The van der Waals surface area contributed by atoms with Crippen LogP contribution in [0.3, 0.4) is 0 Å². The zero-order valence-electron chi connectivity index (χ0n) is 19.3. The molecule has 2 aromatic carbocycles. The molecule has 0 spiro atoms. The number of likely N-dealkylation sites (N-methyl/N-ethyl adjacent to an activating group) is 1. The van der Waals surface area contributed by atoms with Crippen molar-refractivity contribution in [3.05, 3.63) is 53.5 Å². The van der Waals surface area contributed by atoms with Gasteiger partial charge in [0.15, 0.2) is 5.69 Å². The number of aromatic carboxylic acids is 1. The third-order valence-electron chi connectivity index (χ3n) is 6.05. The highest BCUT2D eigenvalue weighted by atomic mass is 32.2. The third-order valence-corrected chi connectivity index (χ3v) is 9.64. The Balaban J connectivity index is 1.95. The van der Waals surface area contributed by atoms with Crippen LogP contribution in [0.5, 0.6) is 0 Å². The number of aromatic nitrogens is 1. The second kappa shape index (κ2) is 10.1. The fourth-order valence-electron chi connectivity index (χ4n) is 4.14. The Morgan fingerprint density at radius 3 is 2.62 bits per heavy atom. The molecule has 1 aromatic heterocycles. The van der Waals surface area contributed by atoms with Crippen molar-refractivity contribution in [2.24, 2.45) is 0 Å². The highest BCUT2D eigenvalue weighted by Crippen LogP contribution is 2.44. The van der Waals surface area contributed by atoms with Crippen LogP contribution in [0, 0.1) is 0 Å². The summed E-state index contributed by atoms with van der Waals surface area (Å²) in [5.41, 5.74) is 2.13. The summed E-state index contributed by atoms with van der Waals surface area (Å²) in [6.07, 6.45) is 4.60. The quantitative estimate of drug-likeness (QED) is 0.410. The number of para-hydroxylation sites is 1. The van der Waals surface area contributed by atoms with E-state index in [9.17, 15) is 18.3 Å². The number of thiazole rings is 1. The van der Waals surface area contributed by atoms with Crippen LogP contribution < -0.4 is 4.90 Å². The second-order valence-electron chi connectivity index (χ2n) is 8.13. The van der Waals surface area contributed by atoms with Gasteiger partial charge >= 0.3 is 5.97 Å². The van der Waals surface area contributed by atoms with E-state index >= 15 is 0 Å². The van der Waals surface area contributed by atoms with Crippen molar-refractivity contribution in [2.45, 2.75) is 42.0 Å². The van der Waals surface area contributed by atoms with Crippen molar-refractivity contribution in [3.8, 4) is 10.6 Å². The van der Waals surface area contributed by atoms with Crippen molar-refractivity contribution in [1.29, 1.82) is 0 Å². The van der Waals surface area contributed by atoms with Crippen LogP contribution in [0.2, 0.25) is 0 Å². The van der Waals surface area contributed by atoms with E-state index in [0.717, 1.165) is 29.8 Å². The van der Waals surface area contributed by atoms with E-state index < -0.39 is 16.0 Å². The first-order valence-electron chi connectivity index (χ1n) is 11.0. The Kier molecular flexibility index (Phi) is 7.32. The summed E-state index contributed by atoms with van der Waals surface area (Å²) in [7, 11) is -2.15. The molecule has 0 saturated carbocycles. The van der Waals surface area contributed by atoms with Crippen LogP contribution in [0.15, 0.2) is 57.6 Å². The summed E-state index contributed by atoms with van der Waals surface area (Å²) in [6, 6.07) is 13.2. The predicted molar refractivity (Wildman–Crippen MR) is 138 cm³/mol. The molecule has 4 rings (SSSR count). The van der Waals surface area contributed by atoms with E-state index in [1.165, 1.54) is 32.8 Å². The van der Waals surface area contributed by atoms with Gasteiger partial charge in [0.25, 0.3) is 0 Å². The van der Waals surface area contributed by atoms with Gasteiger partial charge in [-0.15, -0.1) is 23.1 Å². The molecule has 1 aliphatic heterocycles. The molecule has 1 unspecified atom stereocenters. The molecule has 0 aliphatic carbocycles. The fourth-order valence-corrected chi connectivity index (χ4v) is 7.21. The molecular weight excluding hydrogens is 490 g/mol. The summed E-state index contributed by atoms with van der Waals surface area (Å²) in [6.45, 7) is 2.64. The van der Waals surface area contributed by atoms with Gasteiger partial charge in [0.05, 0.1) is 5.69 Å². The number of carboxylic acid groups (broad SMARTS) is 1. The minimum absolute atomic E-state index is 0.0486. The molecule has 180 valence electrons. The molecule has 1 N–H and O–H groups in total. The number of unbranched alkanes of at least 4 members (excludes halogenated alkanes) is 1. The van der Waals surface area contributed by atoms with Gasteiger partial charge in [-0.3, -0.25) is 0 Å². The SMILES string of the molecule is CCCCC1CN(c2ccccc2)c2cc(SC)c(-c3nc(C(=O)O)cs3)cc2S(=O)(=O)N1C. The van der Waals surface area contributed by atoms with Crippen molar-refractivity contribution < 1.29 is 18.3 Å². The molecule has 7 nitrogen and oxygen atoms in total. The zero-order valence-corrected chi connectivity index (χ0v) is 21.7. The molecular formula is C24H27N3O4S3. The average Bonchev–Trinajstić information content (AvgIpc) is 3.31. The van der Waals surface area contributed by atoms with Crippen LogP contribution in [0.25, 0.3) is 10.6 Å². The highest BCUT2D eigenvalue weighted by molar-refractivity contribution is 7.98. The first kappa shape index (κ1) is 24.7. The summed E-state index contributed by atoms with van der Waals surface area (Å²) < 4.78 is 29.2. The first-order chi connectivity index (χ1) is 16.3. The van der Waals surface area contributed by atoms with Gasteiger partial charge in [0, 0.05) is 41.2 Å². The van der Waals surface area contributed by atoms with Gasteiger partial charge in [0.1, 0.15) is 9.90 Å². The number of hydrogen-bond acceptors (Lipinski definition) is 7. The summed E-state index contributed by atoms with van der Waals surface area (Å²) >= 11 is 2.68. The van der Waals surface area contributed by atoms with Gasteiger partial charge in [-0.25, -0.2) is 18.2 Å². The van der Waals surface area contributed by atoms with E-state index in [1.54, 1.807) is 13.1 Å². The third kappa shape index (κ3) is 4.59. The largest absolute Gasteiger partial charge is 0.476 e. The maximum absolute atomic E-state index is 13.9. The first-order valence-corrected chi connectivity index (χ1v) is 14.5. The van der Waals surface area contributed by atoms with Crippen molar-refractivity contribution in [1.82, 2.24) is 9.29 Å². The fraction of sp³-hybridized carbons (Fsp3) is 0.333. The zero-order chi connectivity index (χ0) is 24.5. The van der Waals surface area contributed by atoms with Crippen LogP contribution in [0.4, 0.5) is 11.4 Å². The molecule has 34 heavy (non-hydrogen) atoms. The molecule has 10 heteroatoms. The molecule has 0 amide bonds. The minimum atomic E-state index is -3.80. The number of sulfonamides is 1. The van der Waals surface area contributed by atoms with E-state index in [-0.39, 0.29) is 16.6 Å². The lowest BCUT2D eigenvalue weighted by atomic mass is 10.1. The standard InChI is InChI=1S/C24H27N3O4S3/c1-4-5-9-17-14-27(16-10-7-6-8-11-16)20-13-21(32-3)18(12-22(20)34(30,31)26(17)2)23-25-19(15-33-23)24(28)29/h6-8,10-13,15,17H,4-5,9,14H2,1-3H3,(H,28,29). The molecule has 2 heterocycles. The molecule has 1 aliphatic rings. The van der Waals surface area contributed by atoms with Gasteiger partial charge in [-0.2, -0.15) is 4.31 Å². The van der Waals surface area contributed by atoms with Crippen LogP contribution >= 0.6 is 23.1 Å². The number of nitrogens with zero attached hydrogens (tertiary/aromatic N) is 3. The lowest BCUT2D eigenvalue weighted by Gasteiger charge is -2.29. The van der Waals surface area contributed by atoms with Gasteiger partial charge in [-0.1, -0.05) is 38.0 Å². The Morgan fingerprint density at radius 2 is 2.00 bits per heavy atom. The summed E-state index contributed by atoms with van der Waals surface area (Å²) in [5, 5.41) is 11.3. The van der Waals surface area contributed by atoms with Crippen LogP contribution in [-0.2, 0) is 10.0 Å². The Labute approximate surface area is 208 Å². The molecule has 1 atom stereocenters. The van der Waals surface area contributed by atoms with E-state index in [4.69, 9.17) is 0 Å². The number of carbonyl (C=O) groups is 1. The second-order valence-corrected chi connectivity index (χ2v) is 11.8. The summed E-state index contributed by atoms with van der Waals surface area (Å²) in [5.74, 6) is -1.11. The van der Waals surface area contributed by atoms with E-state index in [1.807, 2.05) is 42.7 Å². The average molecular weight is 518 g/mol. The van der Waals surface area contributed by atoms with Gasteiger partial charge in [-0.05, 0) is 36.9 Å². The number of anilines is 2. The number of benzene rings is 2. The van der Waals surface area contributed by atoms with Crippen LogP contribution in [0.1, 0.15) is 36.7 Å².